The molecule has 1 fully saturated rings. The van der Waals surface area contributed by atoms with E-state index in [1.807, 2.05) is 12.1 Å². The maximum Gasteiger partial charge on any atom is 0.120 e. The number of likely N-dealkylation sites (N-methyl/N-ethyl adjacent to an activating group) is 1. The van der Waals surface area contributed by atoms with Crippen LogP contribution < -0.4 is 5.32 Å². The number of halogens is 1. The van der Waals surface area contributed by atoms with Crippen LogP contribution in [0.5, 0.6) is 5.75 Å². The second kappa shape index (κ2) is 4.51. The number of rotatable bonds is 1. The molecule has 15 heavy (non-hydrogen) atoms. The number of hydrogen-bond donors (Lipinski definition) is 2. The Hall–Kier alpha value is -0.580. The van der Waals surface area contributed by atoms with E-state index in [0.29, 0.717) is 5.75 Å². The van der Waals surface area contributed by atoms with Crippen LogP contribution in [0, 0.1) is 0 Å². The lowest BCUT2D eigenvalue weighted by Gasteiger charge is -2.33. The number of benzene rings is 1. The molecule has 82 valence electrons. The van der Waals surface area contributed by atoms with E-state index in [9.17, 15) is 5.11 Å². The van der Waals surface area contributed by atoms with Gasteiger partial charge in [0.05, 0.1) is 6.04 Å². The van der Waals surface area contributed by atoms with Gasteiger partial charge < -0.3 is 10.4 Å². The summed E-state index contributed by atoms with van der Waals surface area (Å²) >= 11 is 3.43. The number of phenols is 1. The lowest BCUT2D eigenvalue weighted by atomic mass is 10.0. The van der Waals surface area contributed by atoms with Crippen molar-refractivity contribution in [2.24, 2.45) is 0 Å². The number of aromatic hydroxyl groups is 1. The topological polar surface area (TPSA) is 35.5 Å². The van der Waals surface area contributed by atoms with Gasteiger partial charge in [-0.1, -0.05) is 15.9 Å². The minimum absolute atomic E-state index is 0.260. The third-order valence-electron chi connectivity index (χ3n) is 2.86. The minimum Gasteiger partial charge on any atom is -0.508 e. The lowest BCUT2D eigenvalue weighted by molar-refractivity contribution is 0.198. The number of hydrogen-bond acceptors (Lipinski definition) is 3. The Balaban J connectivity index is 2.30. The molecule has 0 amide bonds. The first-order valence-electron chi connectivity index (χ1n) is 5.08. The highest BCUT2D eigenvalue weighted by molar-refractivity contribution is 9.10. The Morgan fingerprint density at radius 1 is 1.53 bits per heavy atom. The SMILES string of the molecule is CN1CCNCC1c1cc(Br)ccc1O. The van der Waals surface area contributed by atoms with Crippen LogP contribution in [0.25, 0.3) is 0 Å². The van der Waals surface area contributed by atoms with Crippen molar-refractivity contribution in [1.29, 1.82) is 0 Å². The molecule has 1 saturated heterocycles. The number of phenolic OH excluding ortho intramolecular Hbond substituents is 1. The van der Waals surface area contributed by atoms with E-state index < -0.39 is 0 Å². The van der Waals surface area contributed by atoms with Gasteiger partial charge in [0.1, 0.15) is 5.75 Å². The molecule has 1 heterocycles. The molecule has 0 aromatic heterocycles. The van der Waals surface area contributed by atoms with Crippen LogP contribution >= 0.6 is 15.9 Å². The van der Waals surface area contributed by atoms with Gasteiger partial charge in [0.15, 0.2) is 0 Å². The summed E-state index contributed by atoms with van der Waals surface area (Å²) in [6, 6.07) is 5.84. The lowest BCUT2D eigenvalue weighted by Crippen LogP contribution is -2.43. The van der Waals surface area contributed by atoms with Crippen molar-refractivity contribution in [3.63, 3.8) is 0 Å². The molecule has 1 unspecified atom stereocenters. The predicted molar refractivity (Wildman–Crippen MR) is 64.0 cm³/mol. The predicted octanol–water partition coefficient (Wildman–Crippen LogP) is 1.73. The van der Waals surface area contributed by atoms with Gasteiger partial charge >= 0.3 is 0 Å². The quantitative estimate of drug-likeness (QED) is 0.816. The zero-order chi connectivity index (χ0) is 10.8. The third kappa shape index (κ3) is 2.33. The molecule has 1 aromatic rings. The molecule has 0 saturated carbocycles. The molecule has 1 aromatic carbocycles. The van der Waals surface area contributed by atoms with Crippen molar-refractivity contribution in [2.75, 3.05) is 26.7 Å². The number of nitrogens with one attached hydrogen (secondary N) is 1. The molecule has 1 aliphatic rings. The average Bonchev–Trinajstić information content (AvgIpc) is 2.23. The Morgan fingerprint density at radius 3 is 3.07 bits per heavy atom. The smallest absolute Gasteiger partial charge is 0.120 e. The molecule has 0 aliphatic carbocycles. The van der Waals surface area contributed by atoms with E-state index in [1.54, 1.807) is 6.07 Å². The van der Waals surface area contributed by atoms with Crippen LogP contribution in [0.15, 0.2) is 22.7 Å². The Kier molecular flexibility index (Phi) is 3.29. The fourth-order valence-corrected chi connectivity index (χ4v) is 2.32. The van der Waals surface area contributed by atoms with Crippen LogP contribution in [0.1, 0.15) is 11.6 Å². The summed E-state index contributed by atoms with van der Waals surface area (Å²) in [5.41, 5.74) is 0.985. The van der Waals surface area contributed by atoms with E-state index >= 15 is 0 Å². The van der Waals surface area contributed by atoms with Gasteiger partial charge in [-0.15, -0.1) is 0 Å². The largest absolute Gasteiger partial charge is 0.508 e. The maximum absolute atomic E-state index is 9.83. The second-order valence-corrected chi connectivity index (χ2v) is 4.82. The average molecular weight is 271 g/mol. The summed E-state index contributed by atoms with van der Waals surface area (Å²) in [6.07, 6.45) is 0. The monoisotopic (exact) mass is 270 g/mol. The van der Waals surface area contributed by atoms with Crippen LogP contribution in [0.4, 0.5) is 0 Å². The summed E-state index contributed by atoms with van der Waals surface area (Å²) in [5.74, 6) is 0.374. The van der Waals surface area contributed by atoms with Gasteiger partial charge in [-0.2, -0.15) is 0 Å². The van der Waals surface area contributed by atoms with E-state index in [2.05, 4.69) is 33.2 Å². The molecule has 3 nitrogen and oxygen atoms in total. The van der Waals surface area contributed by atoms with Gasteiger partial charge in [0, 0.05) is 29.7 Å². The van der Waals surface area contributed by atoms with Crippen molar-refractivity contribution in [1.82, 2.24) is 10.2 Å². The van der Waals surface area contributed by atoms with Crippen LogP contribution in [0.2, 0.25) is 0 Å². The summed E-state index contributed by atoms with van der Waals surface area (Å²) in [7, 11) is 2.09. The second-order valence-electron chi connectivity index (χ2n) is 3.90. The molecule has 1 aliphatic heterocycles. The Morgan fingerprint density at radius 2 is 2.33 bits per heavy atom. The van der Waals surface area contributed by atoms with Gasteiger partial charge in [-0.25, -0.2) is 0 Å². The van der Waals surface area contributed by atoms with Crippen molar-refractivity contribution in [2.45, 2.75) is 6.04 Å². The van der Waals surface area contributed by atoms with Gasteiger partial charge in [-0.05, 0) is 25.2 Å². The first-order chi connectivity index (χ1) is 7.18. The zero-order valence-corrected chi connectivity index (χ0v) is 10.3. The summed E-state index contributed by atoms with van der Waals surface area (Å²) in [5, 5.41) is 13.2. The Bertz CT molecular complexity index is 356. The summed E-state index contributed by atoms with van der Waals surface area (Å²) < 4.78 is 1.01. The Labute approximate surface area is 98.2 Å². The zero-order valence-electron chi connectivity index (χ0n) is 8.70. The molecular formula is C11H15BrN2O. The molecule has 0 radical (unpaired) electrons. The molecular weight excluding hydrogens is 256 g/mol. The van der Waals surface area contributed by atoms with Crippen molar-refractivity contribution in [3.8, 4) is 5.75 Å². The fourth-order valence-electron chi connectivity index (χ4n) is 1.95. The van der Waals surface area contributed by atoms with Crippen molar-refractivity contribution in [3.05, 3.63) is 28.2 Å². The highest BCUT2D eigenvalue weighted by Crippen LogP contribution is 2.30. The minimum atomic E-state index is 0.260. The number of piperazine rings is 1. The number of nitrogens with zero attached hydrogens (tertiary/aromatic N) is 1. The molecule has 1 atom stereocenters. The highest BCUT2D eigenvalue weighted by atomic mass is 79.9. The first kappa shape index (κ1) is 10.9. The van der Waals surface area contributed by atoms with E-state index in [4.69, 9.17) is 0 Å². The van der Waals surface area contributed by atoms with Crippen molar-refractivity contribution < 1.29 is 5.11 Å². The molecule has 4 heteroatoms. The summed E-state index contributed by atoms with van der Waals surface area (Å²) in [6.45, 7) is 2.92. The van der Waals surface area contributed by atoms with E-state index in [-0.39, 0.29) is 6.04 Å². The van der Waals surface area contributed by atoms with Crippen LogP contribution in [0.3, 0.4) is 0 Å². The van der Waals surface area contributed by atoms with Crippen LogP contribution in [-0.2, 0) is 0 Å². The van der Waals surface area contributed by atoms with Gasteiger partial charge in [0.25, 0.3) is 0 Å². The molecule has 0 bridgehead atoms. The van der Waals surface area contributed by atoms with E-state index in [0.717, 1.165) is 29.7 Å². The van der Waals surface area contributed by atoms with E-state index in [1.165, 1.54) is 0 Å². The highest BCUT2D eigenvalue weighted by Gasteiger charge is 2.22. The first-order valence-corrected chi connectivity index (χ1v) is 5.87. The fraction of sp³-hybridized carbons (Fsp3) is 0.455. The molecule has 2 rings (SSSR count). The molecule has 2 N–H and O–H groups in total. The maximum atomic E-state index is 9.83. The third-order valence-corrected chi connectivity index (χ3v) is 3.35. The van der Waals surface area contributed by atoms with Crippen LogP contribution in [-0.4, -0.2) is 36.7 Å². The standard InChI is InChI=1S/C11H15BrN2O/c1-14-5-4-13-7-10(14)9-6-8(12)2-3-11(9)15/h2-3,6,10,13,15H,4-5,7H2,1H3. The molecule has 0 spiro atoms. The normalized spacial score (nSPS) is 22.9. The van der Waals surface area contributed by atoms with Gasteiger partial charge in [0.2, 0.25) is 0 Å². The van der Waals surface area contributed by atoms with Crippen molar-refractivity contribution >= 4 is 15.9 Å². The van der Waals surface area contributed by atoms with Gasteiger partial charge in [-0.3, -0.25) is 4.90 Å². The summed E-state index contributed by atoms with van der Waals surface area (Å²) in [4.78, 5) is 2.26.